The van der Waals surface area contributed by atoms with Gasteiger partial charge in [-0.3, -0.25) is 9.97 Å². The molecule has 4 nitrogen and oxygen atoms in total. The molecule has 2 heterocycles. The molecule has 0 aliphatic carbocycles. The molecule has 1 aromatic carbocycles. The van der Waals surface area contributed by atoms with E-state index in [2.05, 4.69) is 20.2 Å². The first-order valence-corrected chi connectivity index (χ1v) is 7.96. The zero-order valence-electron chi connectivity index (χ0n) is 10.2. The normalized spacial score (nSPS) is 10.7. The molecule has 0 unspecified atom stereocenters. The van der Waals surface area contributed by atoms with E-state index in [1.807, 2.05) is 24.3 Å². The number of hydrogen-bond donors (Lipinski definition) is 0. The second-order valence-electron chi connectivity index (χ2n) is 3.88. The molecule has 0 bridgehead atoms. The Labute approximate surface area is 129 Å². The van der Waals surface area contributed by atoms with E-state index in [-0.39, 0.29) is 0 Å². The van der Waals surface area contributed by atoms with Crippen molar-refractivity contribution in [3.05, 3.63) is 53.4 Å². The second kappa shape index (κ2) is 6.30. The minimum atomic E-state index is 0.750. The van der Waals surface area contributed by atoms with Gasteiger partial charge in [-0.15, -0.1) is 10.2 Å². The maximum absolute atomic E-state index is 5.86. The van der Waals surface area contributed by atoms with Gasteiger partial charge in [0.1, 0.15) is 5.69 Å². The van der Waals surface area contributed by atoms with Crippen LogP contribution in [-0.2, 0) is 5.75 Å². The van der Waals surface area contributed by atoms with Gasteiger partial charge in [0.15, 0.2) is 9.35 Å². The lowest BCUT2D eigenvalue weighted by molar-refractivity contribution is 1.01. The van der Waals surface area contributed by atoms with Crippen LogP contribution < -0.4 is 0 Å². The summed E-state index contributed by atoms with van der Waals surface area (Å²) in [7, 11) is 0. The van der Waals surface area contributed by atoms with Crippen LogP contribution >= 0.6 is 34.7 Å². The van der Waals surface area contributed by atoms with E-state index in [9.17, 15) is 0 Å². The Hall–Kier alpha value is -1.50. The first kappa shape index (κ1) is 13.5. The number of thioether (sulfide) groups is 1. The minimum Gasteiger partial charge on any atom is -0.261 e. The third-order valence-corrected chi connectivity index (χ3v) is 4.87. The van der Waals surface area contributed by atoms with E-state index in [1.54, 1.807) is 30.4 Å². The molecule has 0 saturated heterocycles. The molecule has 0 fully saturated rings. The van der Waals surface area contributed by atoms with Gasteiger partial charge in [0.25, 0.3) is 0 Å². The van der Waals surface area contributed by atoms with Crippen LogP contribution in [0.3, 0.4) is 0 Å². The Balaban J connectivity index is 1.67. The molecular weight excluding hydrogens is 312 g/mol. The van der Waals surface area contributed by atoms with Crippen LogP contribution in [0, 0.1) is 0 Å². The number of aromatic nitrogens is 4. The molecule has 0 amide bonds. The van der Waals surface area contributed by atoms with Gasteiger partial charge in [0.05, 0.1) is 6.20 Å². The van der Waals surface area contributed by atoms with Crippen molar-refractivity contribution in [2.75, 3.05) is 0 Å². The second-order valence-corrected chi connectivity index (χ2v) is 6.52. The van der Waals surface area contributed by atoms with E-state index in [4.69, 9.17) is 11.6 Å². The van der Waals surface area contributed by atoms with E-state index >= 15 is 0 Å². The number of halogens is 1. The van der Waals surface area contributed by atoms with Crippen molar-refractivity contribution in [1.29, 1.82) is 0 Å². The van der Waals surface area contributed by atoms with Crippen LogP contribution in [0.5, 0.6) is 0 Å². The molecule has 0 radical (unpaired) electrons. The SMILES string of the molecule is Clc1ccc(CSc2nnc(-c3cnccn3)s2)cc1. The first-order chi connectivity index (χ1) is 9.81. The molecule has 0 N–H and O–H groups in total. The first-order valence-electron chi connectivity index (χ1n) is 5.78. The smallest absolute Gasteiger partial charge is 0.175 e. The molecule has 0 aliphatic heterocycles. The molecule has 0 spiro atoms. The van der Waals surface area contributed by atoms with Crippen LogP contribution in [0.25, 0.3) is 10.7 Å². The summed E-state index contributed by atoms with van der Waals surface area (Å²) in [4.78, 5) is 8.24. The predicted molar refractivity (Wildman–Crippen MR) is 81.9 cm³/mol. The Morgan fingerprint density at radius 2 is 1.95 bits per heavy atom. The summed E-state index contributed by atoms with van der Waals surface area (Å²) < 4.78 is 0.917. The topological polar surface area (TPSA) is 51.6 Å². The fourth-order valence-corrected chi connectivity index (χ4v) is 3.40. The van der Waals surface area contributed by atoms with Gasteiger partial charge in [0.2, 0.25) is 0 Å². The van der Waals surface area contributed by atoms with Gasteiger partial charge in [-0.2, -0.15) is 0 Å². The van der Waals surface area contributed by atoms with Crippen molar-refractivity contribution in [3.63, 3.8) is 0 Å². The van der Waals surface area contributed by atoms with Crippen LogP contribution in [0.15, 0.2) is 47.2 Å². The van der Waals surface area contributed by atoms with Crippen molar-refractivity contribution in [2.45, 2.75) is 10.1 Å². The lowest BCUT2D eigenvalue weighted by Gasteiger charge is -1.98. The number of benzene rings is 1. The summed E-state index contributed by atoms with van der Waals surface area (Å²) in [5.74, 6) is 0.840. The fraction of sp³-hybridized carbons (Fsp3) is 0.0769. The van der Waals surface area contributed by atoms with E-state index in [0.717, 1.165) is 25.8 Å². The van der Waals surface area contributed by atoms with Crippen molar-refractivity contribution in [2.24, 2.45) is 0 Å². The number of hydrogen-bond acceptors (Lipinski definition) is 6. The highest BCUT2D eigenvalue weighted by Crippen LogP contribution is 2.30. The van der Waals surface area contributed by atoms with Crippen molar-refractivity contribution in [1.82, 2.24) is 20.2 Å². The van der Waals surface area contributed by atoms with Crippen LogP contribution in [-0.4, -0.2) is 20.2 Å². The fourth-order valence-electron chi connectivity index (χ4n) is 1.51. The monoisotopic (exact) mass is 320 g/mol. The van der Waals surface area contributed by atoms with E-state index in [0.29, 0.717) is 0 Å². The Morgan fingerprint density at radius 3 is 2.70 bits per heavy atom. The predicted octanol–water partition coefficient (Wildman–Crippen LogP) is 3.94. The maximum atomic E-state index is 5.86. The third-order valence-electron chi connectivity index (χ3n) is 2.46. The maximum Gasteiger partial charge on any atom is 0.175 e. The molecular formula is C13H9ClN4S2. The van der Waals surface area contributed by atoms with Gasteiger partial charge in [-0.1, -0.05) is 46.8 Å². The Bertz CT molecular complexity index is 685. The lowest BCUT2D eigenvalue weighted by atomic mass is 10.2. The molecule has 0 saturated carbocycles. The Morgan fingerprint density at radius 1 is 1.10 bits per heavy atom. The number of nitrogens with zero attached hydrogens (tertiary/aromatic N) is 4. The standard InChI is InChI=1S/C13H9ClN4S2/c14-10-3-1-9(2-4-10)8-19-13-18-17-12(20-13)11-7-15-5-6-16-11/h1-7H,8H2. The van der Waals surface area contributed by atoms with Crippen LogP contribution in [0.1, 0.15) is 5.56 Å². The summed E-state index contributed by atoms with van der Waals surface area (Å²) in [6.07, 6.45) is 4.98. The summed E-state index contributed by atoms with van der Waals surface area (Å²) in [6, 6.07) is 7.81. The van der Waals surface area contributed by atoms with Crippen LogP contribution in [0.2, 0.25) is 5.02 Å². The zero-order valence-corrected chi connectivity index (χ0v) is 12.6. The highest BCUT2D eigenvalue weighted by Gasteiger charge is 2.08. The average molecular weight is 321 g/mol. The van der Waals surface area contributed by atoms with Crippen molar-refractivity contribution in [3.8, 4) is 10.7 Å². The van der Waals surface area contributed by atoms with Gasteiger partial charge < -0.3 is 0 Å². The molecule has 2 aromatic heterocycles. The lowest BCUT2D eigenvalue weighted by Crippen LogP contribution is -1.82. The van der Waals surface area contributed by atoms with Gasteiger partial charge >= 0.3 is 0 Å². The average Bonchev–Trinajstić information content (AvgIpc) is 2.97. The van der Waals surface area contributed by atoms with Crippen molar-refractivity contribution < 1.29 is 0 Å². The molecule has 3 aromatic rings. The van der Waals surface area contributed by atoms with Gasteiger partial charge in [0, 0.05) is 23.2 Å². The van der Waals surface area contributed by atoms with Crippen LogP contribution in [0.4, 0.5) is 0 Å². The zero-order chi connectivity index (χ0) is 13.8. The Kier molecular flexibility index (Phi) is 4.25. The van der Waals surface area contributed by atoms with E-state index in [1.165, 1.54) is 16.9 Å². The van der Waals surface area contributed by atoms with Gasteiger partial charge in [-0.05, 0) is 17.7 Å². The number of rotatable bonds is 4. The van der Waals surface area contributed by atoms with Gasteiger partial charge in [-0.25, -0.2) is 0 Å². The third kappa shape index (κ3) is 3.33. The summed E-state index contributed by atoms with van der Waals surface area (Å²) >= 11 is 9.03. The highest BCUT2D eigenvalue weighted by molar-refractivity contribution is 8.00. The highest BCUT2D eigenvalue weighted by atomic mass is 35.5. The molecule has 0 aliphatic rings. The quantitative estimate of drug-likeness (QED) is 0.681. The molecule has 20 heavy (non-hydrogen) atoms. The van der Waals surface area contributed by atoms with Crippen molar-refractivity contribution >= 4 is 34.7 Å². The molecule has 7 heteroatoms. The molecule has 0 atom stereocenters. The summed E-state index contributed by atoms with van der Waals surface area (Å²) in [5.41, 5.74) is 1.96. The molecule has 100 valence electrons. The van der Waals surface area contributed by atoms with E-state index < -0.39 is 0 Å². The summed E-state index contributed by atoms with van der Waals surface area (Å²) in [6.45, 7) is 0. The molecule has 3 rings (SSSR count). The summed E-state index contributed by atoms with van der Waals surface area (Å²) in [5, 5.41) is 9.84. The largest absolute Gasteiger partial charge is 0.261 e. The minimum absolute atomic E-state index is 0.750.